The monoisotopic (exact) mass is 300 g/mol. The molecule has 0 saturated carbocycles. The molecule has 1 aromatic heterocycles. The molecule has 0 bridgehead atoms. The van der Waals surface area contributed by atoms with Crippen LogP contribution in [0.1, 0.15) is 24.5 Å². The summed E-state index contributed by atoms with van der Waals surface area (Å²) in [5.41, 5.74) is 3.09. The van der Waals surface area contributed by atoms with Gasteiger partial charge >= 0.3 is 6.09 Å². The number of fused-ring (bicyclic) bond motifs is 1. The molecule has 1 aliphatic heterocycles. The lowest BCUT2D eigenvalue weighted by atomic mass is 9.91. The zero-order valence-corrected chi connectivity index (χ0v) is 12.9. The second-order valence-corrected chi connectivity index (χ2v) is 5.90. The van der Waals surface area contributed by atoms with E-state index in [1.165, 1.54) is 4.90 Å². The van der Waals surface area contributed by atoms with Gasteiger partial charge in [-0.2, -0.15) is 0 Å². The van der Waals surface area contributed by atoms with Crippen LogP contribution >= 0.6 is 0 Å². The number of benzene rings is 1. The zero-order chi connectivity index (χ0) is 15.7. The molecule has 0 spiro atoms. The van der Waals surface area contributed by atoms with E-state index < -0.39 is 6.09 Å². The van der Waals surface area contributed by atoms with Gasteiger partial charge in [-0.05, 0) is 31.0 Å². The molecule has 6 heteroatoms. The highest BCUT2D eigenvalue weighted by molar-refractivity contribution is 5.84. The van der Waals surface area contributed by atoms with Crippen molar-refractivity contribution in [3.63, 3.8) is 0 Å². The number of hydrogen-bond donors (Lipinski definition) is 1. The Kier molecular flexibility index (Phi) is 3.83. The van der Waals surface area contributed by atoms with Gasteiger partial charge in [0.2, 0.25) is 0 Å². The van der Waals surface area contributed by atoms with Crippen LogP contribution in [-0.2, 0) is 0 Å². The van der Waals surface area contributed by atoms with E-state index in [9.17, 15) is 4.79 Å². The van der Waals surface area contributed by atoms with E-state index in [2.05, 4.69) is 28.2 Å². The van der Waals surface area contributed by atoms with Gasteiger partial charge in [-0.25, -0.2) is 14.8 Å². The standard InChI is InChI=1S/C16H20N4O2/c1-19(2)12-3-4-13-14(9-12)17-10-18-15(13)11-5-7-20(8-6-11)16(21)22/h3-4,9-11H,5-8H2,1-2H3,(H,21,22). The summed E-state index contributed by atoms with van der Waals surface area (Å²) in [6.45, 7) is 1.14. The fourth-order valence-electron chi connectivity index (χ4n) is 3.01. The first-order valence-corrected chi connectivity index (χ1v) is 7.46. The Morgan fingerprint density at radius 2 is 2.00 bits per heavy atom. The van der Waals surface area contributed by atoms with Crippen LogP contribution < -0.4 is 4.90 Å². The van der Waals surface area contributed by atoms with E-state index in [1.54, 1.807) is 6.33 Å². The summed E-state index contributed by atoms with van der Waals surface area (Å²) in [5.74, 6) is 0.298. The van der Waals surface area contributed by atoms with Gasteiger partial charge in [0.15, 0.2) is 0 Å². The summed E-state index contributed by atoms with van der Waals surface area (Å²) < 4.78 is 0. The van der Waals surface area contributed by atoms with Crippen molar-refractivity contribution in [2.24, 2.45) is 0 Å². The molecule has 1 aromatic carbocycles. The molecule has 3 rings (SSSR count). The third-order valence-corrected chi connectivity index (χ3v) is 4.32. The quantitative estimate of drug-likeness (QED) is 0.923. The summed E-state index contributed by atoms with van der Waals surface area (Å²) in [4.78, 5) is 23.4. The predicted molar refractivity (Wildman–Crippen MR) is 85.4 cm³/mol. The lowest BCUT2D eigenvalue weighted by molar-refractivity contribution is 0.132. The topological polar surface area (TPSA) is 69.6 Å². The average molecular weight is 300 g/mol. The lowest BCUT2D eigenvalue weighted by Gasteiger charge is -2.30. The van der Waals surface area contributed by atoms with Gasteiger partial charge in [0, 0.05) is 44.2 Å². The summed E-state index contributed by atoms with van der Waals surface area (Å²) in [5, 5.41) is 10.1. The number of anilines is 1. The SMILES string of the molecule is CN(C)c1ccc2c(C3CCN(C(=O)O)CC3)ncnc2c1. The van der Waals surface area contributed by atoms with Gasteiger partial charge in [-0.15, -0.1) is 0 Å². The molecule has 1 amide bonds. The van der Waals surface area contributed by atoms with Crippen LogP contribution in [0.4, 0.5) is 10.5 Å². The number of aromatic nitrogens is 2. The molecule has 0 radical (unpaired) electrons. The van der Waals surface area contributed by atoms with E-state index in [1.807, 2.05) is 19.0 Å². The first kappa shape index (κ1) is 14.6. The molecule has 0 atom stereocenters. The van der Waals surface area contributed by atoms with Crippen LogP contribution in [0.5, 0.6) is 0 Å². The Bertz CT molecular complexity index is 694. The van der Waals surface area contributed by atoms with E-state index in [0.29, 0.717) is 19.0 Å². The second kappa shape index (κ2) is 5.79. The number of likely N-dealkylation sites (tertiary alicyclic amines) is 1. The molecule has 0 unspecified atom stereocenters. The lowest BCUT2D eigenvalue weighted by Crippen LogP contribution is -2.37. The van der Waals surface area contributed by atoms with E-state index in [-0.39, 0.29) is 0 Å². The maximum absolute atomic E-state index is 11.0. The van der Waals surface area contributed by atoms with Crippen molar-refractivity contribution >= 4 is 22.7 Å². The third-order valence-electron chi connectivity index (χ3n) is 4.32. The molecule has 2 aromatic rings. The Hall–Kier alpha value is -2.37. The summed E-state index contributed by atoms with van der Waals surface area (Å²) >= 11 is 0. The minimum absolute atomic E-state index is 0.298. The number of amides is 1. The third kappa shape index (κ3) is 2.68. The largest absolute Gasteiger partial charge is 0.465 e. The van der Waals surface area contributed by atoms with Crippen LogP contribution in [0, 0.1) is 0 Å². The molecular formula is C16H20N4O2. The fraction of sp³-hybridized carbons (Fsp3) is 0.438. The predicted octanol–water partition coefficient (Wildman–Crippen LogP) is 2.55. The molecule has 2 heterocycles. The average Bonchev–Trinajstić information content (AvgIpc) is 2.53. The van der Waals surface area contributed by atoms with Crippen LogP contribution in [0.15, 0.2) is 24.5 Å². The highest BCUT2D eigenvalue weighted by Gasteiger charge is 2.25. The summed E-state index contributed by atoms with van der Waals surface area (Å²) in [6, 6.07) is 6.21. The first-order valence-electron chi connectivity index (χ1n) is 7.46. The number of carboxylic acid groups (broad SMARTS) is 1. The maximum atomic E-state index is 11.0. The molecule has 6 nitrogen and oxygen atoms in total. The molecular weight excluding hydrogens is 280 g/mol. The van der Waals surface area contributed by atoms with E-state index in [0.717, 1.165) is 35.1 Å². The number of carbonyl (C=O) groups is 1. The van der Waals surface area contributed by atoms with Crippen LogP contribution in [0.25, 0.3) is 10.9 Å². The van der Waals surface area contributed by atoms with Gasteiger partial charge in [-0.3, -0.25) is 0 Å². The smallest absolute Gasteiger partial charge is 0.407 e. The zero-order valence-electron chi connectivity index (χ0n) is 12.9. The molecule has 1 saturated heterocycles. The maximum Gasteiger partial charge on any atom is 0.407 e. The molecule has 116 valence electrons. The van der Waals surface area contributed by atoms with Crippen LogP contribution in [0.3, 0.4) is 0 Å². The van der Waals surface area contributed by atoms with Crippen LogP contribution in [-0.4, -0.2) is 53.3 Å². The van der Waals surface area contributed by atoms with Gasteiger partial charge < -0.3 is 14.9 Å². The molecule has 0 aliphatic carbocycles. The normalized spacial score (nSPS) is 16.0. The Morgan fingerprint density at radius 1 is 1.27 bits per heavy atom. The summed E-state index contributed by atoms with van der Waals surface area (Å²) in [6.07, 6.45) is 2.41. The number of hydrogen-bond acceptors (Lipinski definition) is 4. The van der Waals surface area contributed by atoms with Gasteiger partial charge in [-0.1, -0.05) is 0 Å². The molecule has 1 fully saturated rings. The van der Waals surface area contributed by atoms with E-state index >= 15 is 0 Å². The number of piperidine rings is 1. The molecule has 1 aliphatic rings. The van der Waals surface area contributed by atoms with Crippen molar-refractivity contribution in [2.45, 2.75) is 18.8 Å². The fourth-order valence-corrected chi connectivity index (χ4v) is 3.01. The van der Waals surface area contributed by atoms with Crippen molar-refractivity contribution in [1.29, 1.82) is 0 Å². The van der Waals surface area contributed by atoms with Gasteiger partial charge in [0.05, 0.1) is 11.2 Å². The highest BCUT2D eigenvalue weighted by Crippen LogP contribution is 2.32. The number of rotatable bonds is 2. The van der Waals surface area contributed by atoms with Gasteiger partial charge in [0.25, 0.3) is 0 Å². The second-order valence-electron chi connectivity index (χ2n) is 5.90. The Balaban J connectivity index is 1.90. The molecule has 22 heavy (non-hydrogen) atoms. The Labute approximate surface area is 129 Å². The van der Waals surface area contributed by atoms with Crippen molar-refractivity contribution in [3.05, 3.63) is 30.2 Å². The van der Waals surface area contributed by atoms with Crippen molar-refractivity contribution in [2.75, 3.05) is 32.1 Å². The summed E-state index contributed by atoms with van der Waals surface area (Å²) in [7, 11) is 4.01. The van der Waals surface area contributed by atoms with Crippen molar-refractivity contribution < 1.29 is 9.90 Å². The molecule has 1 N–H and O–H groups in total. The van der Waals surface area contributed by atoms with Gasteiger partial charge in [0.1, 0.15) is 6.33 Å². The van der Waals surface area contributed by atoms with E-state index in [4.69, 9.17) is 5.11 Å². The van der Waals surface area contributed by atoms with Crippen molar-refractivity contribution in [3.8, 4) is 0 Å². The number of nitrogens with zero attached hydrogens (tertiary/aromatic N) is 4. The minimum Gasteiger partial charge on any atom is -0.465 e. The Morgan fingerprint density at radius 3 is 2.64 bits per heavy atom. The highest BCUT2D eigenvalue weighted by atomic mass is 16.4. The minimum atomic E-state index is -0.832. The first-order chi connectivity index (χ1) is 10.6. The van der Waals surface area contributed by atoms with Crippen molar-refractivity contribution in [1.82, 2.24) is 14.9 Å². The van der Waals surface area contributed by atoms with Crippen LogP contribution in [0.2, 0.25) is 0 Å².